The van der Waals surface area contributed by atoms with Crippen molar-refractivity contribution in [1.29, 1.82) is 0 Å². The lowest BCUT2D eigenvalue weighted by molar-refractivity contribution is 0.105. The van der Waals surface area contributed by atoms with Crippen LogP contribution < -0.4 is 5.32 Å². The molecule has 0 radical (unpaired) electrons. The highest BCUT2D eigenvalue weighted by molar-refractivity contribution is 4.85. The van der Waals surface area contributed by atoms with Crippen molar-refractivity contribution < 1.29 is 14.6 Å². The van der Waals surface area contributed by atoms with Crippen LogP contribution in [0.25, 0.3) is 0 Å². The van der Waals surface area contributed by atoms with Crippen molar-refractivity contribution in [2.24, 2.45) is 0 Å². The van der Waals surface area contributed by atoms with Crippen molar-refractivity contribution in [1.82, 2.24) is 10.2 Å². The van der Waals surface area contributed by atoms with Gasteiger partial charge in [-0.1, -0.05) is 13.8 Å². The summed E-state index contributed by atoms with van der Waals surface area (Å²) in [5.41, 5.74) is -0.122. The Morgan fingerprint density at radius 1 is 1.05 bits per heavy atom. The molecule has 0 aliphatic rings. The highest BCUT2D eigenvalue weighted by Gasteiger charge is 2.25. The minimum absolute atomic E-state index is 0.122. The Hall–Kier alpha value is -0.200. The van der Waals surface area contributed by atoms with E-state index in [0.29, 0.717) is 0 Å². The van der Waals surface area contributed by atoms with Crippen LogP contribution in [-0.2, 0) is 9.47 Å². The lowest BCUT2D eigenvalue weighted by Gasteiger charge is -2.33. The standard InChI is InChI=1S/C15H34N2O3/c1-5-15(14-18,16-6-2)8-7-9-17(10-12-19-3)11-13-20-4/h16,18H,5-14H2,1-4H3. The van der Waals surface area contributed by atoms with Crippen molar-refractivity contribution in [3.63, 3.8) is 0 Å². The quantitative estimate of drug-likeness (QED) is 0.502. The number of methoxy groups -OCH3 is 2. The van der Waals surface area contributed by atoms with Gasteiger partial charge < -0.3 is 19.9 Å². The molecule has 0 aromatic heterocycles. The summed E-state index contributed by atoms with van der Waals surface area (Å²) < 4.78 is 10.3. The van der Waals surface area contributed by atoms with Gasteiger partial charge in [-0.25, -0.2) is 0 Å². The minimum Gasteiger partial charge on any atom is -0.394 e. The first-order valence-corrected chi connectivity index (χ1v) is 7.74. The van der Waals surface area contributed by atoms with E-state index in [0.717, 1.165) is 58.7 Å². The summed E-state index contributed by atoms with van der Waals surface area (Å²) in [5, 5.41) is 13.1. The van der Waals surface area contributed by atoms with Crippen LogP contribution in [0.2, 0.25) is 0 Å². The summed E-state index contributed by atoms with van der Waals surface area (Å²) in [6.45, 7) is 9.68. The maximum Gasteiger partial charge on any atom is 0.0613 e. The number of rotatable bonds is 14. The molecule has 0 aliphatic heterocycles. The van der Waals surface area contributed by atoms with Gasteiger partial charge in [0.25, 0.3) is 0 Å². The summed E-state index contributed by atoms with van der Waals surface area (Å²) in [5.74, 6) is 0. The van der Waals surface area contributed by atoms with E-state index >= 15 is 0 Å². The van der Waals surface area contributed by atoms with Gasteiger partial charge in [0.2, 0.25) is 0 Å². The van der Waals surface area contributed by atoms with Gasteiger partial charge in [-0.05, 0) is 32.4 Å². The van der Waals surface area contributed by atoms with Crippen LogP contribution in [0.1, 0.15) is 33.1 Å². The number of ether oxygens (including phenoxy) is 2. The molecule has 1 atom stereocenters. The lowest BCUT2D eigenvalue weighted by Crippen LogP contribution is -2.48. The normalized spacial score (nSPS) is 14.7. The van der Waals surface area contributed by atoms with Gasteiger partial charge in [-0.2, -0.15) is 0 Å². The third-order valence-corrected chi connectivity index (χ3v) is 3.88. The van der Waals surface area contributed by atoms with E-state index in [1.807, 2.05) is 0 Å². The van der Waals surface area contributed by atoms with Crippen LogP contribution in [0.5, 0.6) is 0 Å². The Balaban J connectivity index is 4.16. The number of hydrogen-bond donors (Lipinski definition) is 2. The van der Waals surface area contributed by atoms with Gasteiger partial charge in [0.15, 0.2) is 0 Å². The second-order valence-electron chi connectivity index (χ2n) is 5.25. The van der Waals surface area contributed by atoms with Gasteiger partial charge in [-0.15, -0.1) is 0 Å². The Morgan fingerprint density at radius 3 is 2.05 bits per heavy atom. The summed E-state index contributed by atoms with van der Waals surface area (Å²) >= 11 is 0. The number of nitrogens with zero attached hydrogens (tertiary/aromatic N) is 1. The molecule has 2 N–H and O–H groups in total. The molecule has 0 amide bonds. The van der Waals surface area contributed by atoms with Crippen LogP contribution in [0.15, 0.2) is 0 Å². The zero-order valence-electron chi connectivity index (χ0n) is 13.8. The molecule has 20 heavy (non-hydrogen) atoms. The molecule has 0 saturated heterocycles. The topological polar surface area (TPSA) is 54.0 Å². The molecule has 0 rings (SSSR count). The number of aliphatic hydroxyl groups is 1. The molecule has 0 fully saturated rings. The Morgan fingerprint density at radius 2 is 1.65 bits per heavy atom. The maximum atomic E-state index is 9.64. The highest BCUT2D eigenvalue weighted by atomic mass is 16.5. The molecule has 0 spiro atoms. The first kappa shape index (κ1) is 19.8. The summed E-state index contributed by atoms with van der Waals surface area (Å²) in [6, 6.07) is 0. The van der Waals surface area contributed by atoms with Crippen LogP contribution >= 0.6 is 0 Å². The van der Waals surface area contributed by atoms with E-state index in [9.17, 15) is 5.11 Å². The van der Waals surface area contributed by atoms with Gasteiger partial charge in [0, 0.05) is 32.8 Å². The van der Waals surface area contributed by atoms with E-state index < -0.39 is 0 Å². The Kier molecular flexibility index (Phi) is 12.4. The average Bonchev–Trinajstić information content (AvgIpc) is 2.48. The van der Waals surface area contributed by atoms with Crippen molar-refractivity contribution in [2.75, 3.05) is 60.2 Å². The third-order valence-electron chi connectivity index (χ3n) is 3.88. The molecular formula is C15H34N2O3. The van der Waals surface area contributed by atoms with E-state index in [1.165, 1.54) is 0 Å². The molecule has 0 bridgehead atoms. The number of likely N-dealkylation sites (N-methyl/N-ethyl adjacent to an activating group) is 1. The third kappa shape index (κ3) is 8.17. The fraction of sp³-hybridized carbons (Fsp3) is 1.00. The van der Waals surface area contributed by atoms with Crippen molar-refractivity contribution in [3.8, 4) is 0 Å². The Bertz CT molecular complexity index is 203. The van der Waals surface area contributed by atoms with Crippen molar-refractivity contribution in [3.05, 3.63) is 0 Å². The summed E-state index contributed by atoms with van der Waals surface area (Å²) in [7, 11) is 3.46. The molecule has 0 aromatic carbocycles. The second kappa shape index (κ2) is 12.5. The number of hydrogen-bond acceptors (Lipinski definition) is 5. The summed E-state index contributed by atoms with van der Waals surface area (Å²) in [4.78, 5) is 2.36. The van der Waals surface area contributed by atoms with Crippen LogP contribution in [0, 0.1) is 0 Å². The molecule has 5 nitrogen and oxygen atoms in total. The van der Waals surface area contributed by atoms with Gasteiger partial charge in [0.1, 0.15) is 0 Å². The number of aliphatic hydroxyl groups excluding tert-OH is 1. The van der Waals surface area contributed by atoms with Crippen molar-refractivity contribution in [2.45, 2.75) is 38.6 Å². The SMILES string of the molecule is CCNC(CC)(CO)CCCN(CCOC)CCOC. The lowest BCUT2D eigenvalue weighted by atomic mass is 9.91. The highest BCUT2D eigenvalue weighted by Crippen LogP contribution is 2.17. The maximum absolute atomic E-state index is 9.64. The smallest absolute Gasteiger partial charge is 0.0613 e. The molecule has 5 heteroatoms. The predicted octanol–water partition coefficient (Wildman–Crippen LogP) is 1.11. The van der Waals surface area contributed by atoms with Crippen LogP contribution in [-0.4, -0.2) is 75.8 Å². The van der Waals surface area contributed by atoms with Crippen LogP contribution in [0.3, 0.4) is 0 Å². The fourth-order valence-electron chi connectivity index (χ4n) is 2.43. The zero-order chi connectivity index (χ0) is 15.3. The fourth-order valence-corrected chi connectivity index (χ4v) is 2.43. The van der Waals surface area contributed by atoms with Gasteiger partial charge in [0.05, 0.1) is 19.8 Å². The minimum atomic E-state index is -0.122. The molecule has 0 heterocycles. The molecular weight excluding hydrogens is 256 g/mol. The Labute approximate surface area is 124 Å². The van der Waals surface area contributed by atoms with E-state index in [2.05, 4.69) is 24.1 Å². The monoisotopic (exact) mass is 290 g/mol. The van der Waals surface area contributed by atoms with E-state index in [4.69, 9.17) is 9.47 Å². The zero-order valence-corrected chi connectivity index (χ0v) is 13.8. The molecule has 0 saturated carbocycles. The van der Waals surface area contributed by atoms with Gasteiger partial charge in [-0.3, -0.25) is 4.90 Å². The summed E-state index contributed by atoms with van der Waals surface area (Å²) in [6.07, 6.45) is 3.01. The first-order valence-electron chi connectivity index (χ1n) is 7.74. The van der Waals surface area contributed by atoms with E-state index in [1.54, 1.807) is 14.2 Å². The molecule has 0 aliphatic carbocycles. The van der Waals surface area contributed by atoms with E-state index in [-0.39, 0.29) is 12.1 Å². The average molecular weight is 290 g/mol. The molecule has 122 valence electrons. The first-order chi connectivity index (χ1) is 9.67. The second-order valence-corrected chi connectivity index (χ2v) is 5.25. The number of nitrogens with one attached hydrogen (secondary N) is 1. The van der Waals surface area contributed by atoms with Crippen molar-refractivity contribution >= 4 is 0 Å². The predicted molar refractivity (Wildman–Crippen MR) is 83.2 cm³/mol. The van der Waals surface area contributed by atoms with Gasteiger partial charge >= 0.3 is 0 Å². The molecule has 0 aromatic rings. The molecule has 1 unspecified atom stereocenters. The largest absolute Gasteiger partial charge is 0.394 e. The van der Waals surface area contributed by atoms with Crippen LogP contribution in [0.4, 0.5) is 0 Å².